The van der Waals surface area contributed by atoms with Crippen LogP contribution in [0, 0.1) is 5.82 Å². The largest absolute Gasteiger partial charge is 0.364 e. The molecule has 42 heavy (non-hydrogen) atoms. The van der Waals surface area contributed by atoms with Gasteiger partial charge in [0.25, 0.3) is 0 Å². The molecule has 3 heterocycles. The minimum absolute atomic E-state index is 0.0302. The maximum absolute atomic E-state index is 14.2. The molecule has 2 aromatic carbocycles. The average molecular weight is 595 g/mol. The molecule has 1 atom stereocenters. The van der Waals surface area contributed by atoms with Crippen molar-refractivity contribution in [2.45, 2.75) is 45.4 Å². The molecule has 0 bridgehead atoms. The van der Waals surface area contributed by atoms with Crippen molar-refractivity contribution in [2.75, 3.05) is 11.9 Å². The van der Waals surface area contributed by atoms with Crippen LogP contribution in [-0.2, 0) is 29.2 Å². The van der Waals surface area contributed by atoms with Crippen molar-refractivity contribution < 1.29 is 28.1 Å². The van der Waals surface area contributed by atoms with Crippen molar-refractivity contribution in [3.8, 4) is 0 Å². The van der Waals surface area contributed by atoms with Gasteiger partial charge in [0.2, 0.25) is 11.8 Å². The number of likely N-dealkylation sites (tertiary alicyclic amines) is 1. The van der Waals surface area contributed by atoms with Crippen LogP contribution in [0.15, 0.2) is 59.4 Å². The monoisotopic (exact) mass is 594 g/mol. The van der Waals surface area contributed by atoms with Crippen LogP contribution in [0.4, 0.5) is 14.9 Å². The number of aromatic nitrogens is 2. The summed E-state index contributed by atoms with van der Waals surface area (Å²) in [6.45, 7) is 1.85. The second-order valence-corrected chi connectivity index (χ2v) is 10.3. The Labute approximate surface area is 245 Å². The van der Waals surface area contributed by atoms with Gasteiger partial charge in [-0.15, -0.1) is 0 Å². The molecule has 11 nitrogen and oxygen atoms in total. The summed E-state index contributed by atoms with van der Waals surface area (Å²) in [6, 6.07) is 10.1. The van der Waals surface area contributed by atoms with Gasteiger partial charge >= 0.3 is 6.03 Å². The fraction of sp³-hybridized carbons (Fsp3) is 0.276. The number of benzene rings is 2. The zero-order valence-electron chi connectivity index (χ0n) is 22.7. The minimum Gasteiger partial charge on any atom is -0.364 e. The summed E-state index contributed by atoms with van der Waals surface area (Å²) in [5.41, 5.74) is 2.29. The van der Waals surface area contributed by atoms with E-state index in [1.807, 2.05) is 0 Å². The molecule has 1 saturated heterocycles. The molecule has 4 amide bonds. The summed E-state index contributed by atoms with van der Waals surface area (Å²) in [5.74, 6) is -1.46. The summed E-state index contributed by atoms with van der Waals surface area (Å²) < 4.78 is 20.6. The highest BCUT2D eigenvalue weighted by atomic mass is 35.5. The second-order valence-electron chi connectivity index (χ2n) is 9.93. The Morgan fingerprint density at radius 1 is 1.12 bits per heavy atom. The van der Waals surface area contributed by atoms with E-state index in [0.29, 0.717) is 47.2 Å². The predicted octanol–water partition coefficient (Wildman–Crippen LogP) is 4.25. The van der Waals surface area contributed by atoms with Crippen LogP contribution in [0.5, 0.6) is 0 Å². The quantitative estimate of drug-likeness (QED) is 0.248. The highest BCUT2D eigenvalue weighted by molar-refractivity contribution is 6.30. The third-order valence-electron chi connectivity index (χ3n) is 7.11. The summed E-state index contributed by atoms with van der Waals surface area (Å²) in [5, 5.41) is 12.4. The number of Topliss-reactive ketones (excluding diaryl/α,β-unsaturated/α-hetero) is 1. The lowest BCUT2D eigenvalue weighted by Gasteiger charge is -2.24. The van der Waals surface area contributed by atoms with Gasteiger partial charge in [-0.3, -0.25) is 14.4 Å². The predicted molar refractivity (Wildman–Crippen MR) is 152 cm³/mol. The Morgan fingerprint density at radius 3 is 2.71 bits per heavy atom. The van der Waals surface area contributed by atoms with E-state index in [9.17, 15) is 23.6 Å². The second kappa shape index (κ2) is 12.4. The Kier molecular flexibility index (Phi) is 8.53. The number of carbonyl (C=O) groups excluding carboxylic acids is 4. The van der Waals surface area contributed by atoms with E-state index in [-0.39, 0.29) is 47.8 Å². The lowest BCUT2D eigenvalue weighted by atomic mass is 10.1. The van der Waals surface area contributed by atoms with Gasteiger partial charge in [0.05, 0.1) is 11.6 Å². The van der Waals surface area contributed by atoms with E-state index in [0.717, 1.165) is 0 Å². The maximum atomic E-state index is 14.2. The molecule has 13 heteroatoms. The Morgan fingerprint density at radius 2 is 1.95 bits per heavy atom. The van der Waals surface area contributed by atoms with Crippen LogP contribution >= 0.6 is 11.6 Å². The molecular formula is C29H28ClFN6O5. The highest BCUT2D eigenvalue weighted by Crippen LogP contribution is 2.27. The fourth-order valence-corrected chi connectivity index (χ4v) is 5.21. The first-order chi connectivity index (χ1) is 20.2. The smallest absolute Gasteiger partial charge is 0.319 e. The number of anilines is 1. The van der Waals surface area contributed by atoms with Gasteiger partial charge in [0.1, 0.15) is 30.4 Å². The molecule has 218 valence electrons. The molecule has 5 rings (SSSR count). The van der Waals surface area contributed by atoms with Gasteiger partial charge in [-0.25, -0.2) is 9.18 Å². The molecule has 0 unspecified atom stereocenters. The molecule has 4 aromatic rings. The van der Waals surface area contributed by atoms with Crippen LogP contribution < -0.4 is 16.0 Å². The molecule has 1 fully saturated rings. The van der Waals surface area contributed by atoms with Gasteiger partial charge in [-0.1, -0.05) is 28.9 Å². The van der Waals surface area contributed by atoms with Gasteiger partial charge in [-0.05, 0) is 44.0 Å². The highest BCUT2D eigenvalue weighted by Gasteiger charge is 2.34. The maximum Gasteiger partial charge on any atom is 0.319 e. The number of nitrogens with zero attached hydrogens (tertiary/aromatic N) is 3. The van der Waals surface area contributed by atoms with Crippen molar-refractivity contribution in [3.63, 3.8) is 0 Å². The van der Waals surface area contributed by atoms with E-state index in [2.05, 4.69) is 21.1 Å². The number of nitrogens with one attached hydrogen (secondary N) is 3. The summed E-state index contributed by atoms with van der Waals surface area (Å²) in [4.78, 5) is 52.7. The number of rotatable bonds is 9. The summed E-state index contributed by atoms with van der Waals surface area (Å²) in [6.07, 6.45) is 4.14. The SMILES string of the molecule is CC(=O)c1cn(CC(=O)N2CCC[C@H]2C(=O)NCc2cccc(Cl)c2F)c2ccc(NC(=O)NCc3ccon3)cc12. The summed E-state index contributed by atoms with van der Waals surface area (Å²) >= 11 is 5.83. The number of carbonyl (C=O) groups is 4. The Bertz CT molecular complexity index is 1650. The molecule has 1 aliphatic heterocycles. The average Bonchev–Trinajstić information content (AvgIpc) is 3.73. The van der Waals surface area contributed by atoms with Crippen LogP contribution in [0.25, 0.3) is 10.9 Å². The van der Waals surface area contributed by atoms with Crippen LogP contribution in [-0.4, -0.2) is 50.8 Å². The first-order valence-electron chi connectivity index (χ1n) is 13.3. The molecule has 2 aromatic heterocycles. The van der Waals surface area contributed by atoms with E-state index >= 15 is 0 Å². The molecule has 1 aliphatic rings. The van der Waals surface area contributed by atoms with E-state index in [1.54, 1.807) is 41.1 Å². The Hall–Kier alpha value is -4.71. The molecule has 0 saturated carbocycles. The zero-order valence-corrected chi connectivity index (χ0v) is 23.4. The van der Waals surface area contributed by atoms with Crippen LogP contribution in [0.2, 0.25) is 5.02 Å². The lowest BCUT2D eigenvalue weighted by Crippen LogP contribution is -2.46. The first-order valence-corrected chi connectivity index (χ1v) is 13.7. The number of hydrogen-bond donors (Lipinski definition) is 3. The van der Waals surface area contributed by atoms with E-state index in [1.165, 1.54) is 30.2 Å². The fourth-order valence-electron chi connectivity index (χ4n) is 5.02. The minimum atomic E-state index is -0.694. The number of ketones is 1. The Balaban J connectivity index is 1.27. The van der Waals surface area contributed by atoms with Crippen LogP contribution in [0.1, 0.15) is 41.4 Å². The van der Waals surface area contributed by atoms with Crippen molar-refractivity contribution >= 4 is 51.8 Å². The van der Waals surface area contributed by atoms with Crippen molar-refractivity contribution in [3.05, 3.63) is 82.6 Å². The normalized spacial score (nSPS) is 14.6. The van der Waals surface area contributed by atoms with Crippen LogP contribution in [0.3, 0.4) is 0 Å². The van der Waals surface area contributed by atoms with Crippen molar-refractivity contribution in [1.29, 1.82) is 0 Å². The number of halogens is 2. The third-order valence-corrected chi connectivity index (χ3v) is 7.40. The van der Waals surface area contributed by atoms with E-state index in [4.69, 9.17) is 16.1 Å². The van der Waals surface area contributed by atoms with Gasteiger partial charge in [0, 0.05) is 53.1 Å². The molecule has 0 aliphatic carbocycles. The van der Waals surface area contributed by atoms with Gasteiger partial charge in [0.15, 0.2) is 5.78 Å². The lowest BCUT2D eigenvalue weighted by molar-refractivity contribution is -0.138. The molecule has 3 N–H and O–H groups in total. The third kappa shape index (κ3) is 6.28. The van der Waals surface area contributed by atoms with Gasteiger partial charge in [-0.2, -0.15) is 0 Å². The number of amides is 4. The van der Waals surface area contributed by atoms with E-state index < -0.39 is 17.9 Å². The van der Waals surface area contributed by atoms with Gasteiger partial charge < -0.3 is 29.9 Å². The molecule has 0 spiro atoms. The molecular weight excluding hydrogens is 567 g/mol. The topological polar surface area (TPSA) is 139 Å². The standard InChI is InChI=1S/C29H28ClFN6O5/c1-17(38)22-15-36(24-8-7-19(12-21(22)24)34-29(41)33-14-20-9-11-42-35-20)16-26(39)37-10-3-6-25(37)28(40)32-13-18-4-2-5-23(30)27(18)31/h2,4-5,7-9,11-12,15,25H,3,6,10,13-14,16H2,1H3,(H,32,40)(H2,33,34,41)/t25-/m0/s1. The zero-order chi connectivity index (χ0) is 29.8. The van der Waals surface area contributed by atoms with Crippen molar-refractivity contribution in [2.24, 2.45) is 0 Å². The number of urea groups is 1. The first kappa shape index (κ1) is 28.8. The van der Waals surface area contributed by atoms with Crippen molar-refractivity contribution in [1.82, 2.24) is 25.3 Å². The number of fused-ring (bicyclic) bond motifs is 1. The number of hydrogen-bond acceptors (Lipinski definition) is 6. The summed E-state index contributed by atoms with van der Waals surface area (Å²) in [7, 11) is 0. The molecule has 0 radical (unpaired) electrons.